The number of benzene rings is 2. The van der Waals surface area contributed by atoms with Gasteiger partial charge in [0.25, 0.3) is 0 Å². The molecule has 8 nitrogen and oxygen atoms in total. The molecule has 0 N–H and O–H groups in total. The van der Waals surface area contributed by atoms with Gasteiger partial charge in [-0.1, -0.05) is 0 Å². The molecule has 192 valence electrons. The van der Waals surface area contributed by atoms with Gasteiger partial charge < -0.3 is 14.4 Å². The molecule has 4 fully saturated rings. The van der Waals surface area contributed by atoms with Crippen molar-refractivity contribution in [3.63, 3.8) is 0 Å². The lowest BCUT2D eigenvalue weighted by Gasteiger charge is -2.20. The van der Waals surface area contributed by atoms with Gasteiger partial charge in [-0.2, -0.15) is 0 Å². The molecule has 2 bridgehead atoms. The van der Waals surface area contributed by atoms with Crippen LogP contribution in [0, 0.1) is 36.5 Å². The van der Waals surface area contributed by atoms with E-state index in [0.717, 1.165) is 25.0 Å². The molecule has 2 saturated carbocycles. The number of rotatable bonds is 6. The van der Waals surface area contributed by atoms with Crippen LogP contribution in [0.5, 0.6) is 11.5 Å². The van der Waals surface area contributed by atoms with Gasteiger partial charge in [-0.05, 0) is 93.0 Å². The fourth-order valence-corrected chi connectivity index (χ4v) is 6.79. The van der Waals surface area contributed by atoms with Crippen LogP contribution in [0.3, 0.4) is 0 Å². The second-order valence-corrected chi connectivity index (χ2v) is 10.6. The molecule has 0 unspecified atom stereocenters. The third-order valence-corrected chi connectivity index (χ3v) is 8.47. The van der Waals surface area contributed by atoms with Crippen molar-refractivity contribution in [2.45, 2.75) is 39.5 Å². The Kier molecular flexibility index (Phi) is 5.77. The molecule has 2 aromatic rings. The molecule has 8 heteroatoms. The zero-order valence-corrected chi connectivity index (χ0v) is 21.0. The van der Waals surface area contributed by atoms with Crippen LogP contribution in [-0.4, -0.2) is 36.8 Å². The number of imide groups is 1. The fraction of sp³-hybridized carbons (Fsp3) is 0.448. The average Bonchev–Trinajstić information content (AvgIpc) is 3.64. The molecular formula is C29H30N2O6. The number of amides is 3. The Morgan fingerprint density at radius 1 is 0.946 bits per heavy atom. The Hall–Kier alpha value is -3.68. The summed E-state index contributed by atoms with van der Waals surface area (Å²) in [5, 5.41) is 0. The number of esters is 1. The number of aryl methyl sites for hydroxylation is 1. The maximum atomic E-state index is 13.2. The summed E-state index contributed by atoms with van der Waals surface area (Å²) in [6.45, 7) is 4.51. The lowest BCUT2D eigenvalue weighted by Crippen LogP contribution is -2.33. The number of nitrogens with zero attached hydrogens (tertiary/aromatic N) is 2. The first kappa shape index (κ1) is 23.7. The normalized spacial score (nSPS) is 28.3. The molecule has 37 heavy (non-hydrogen) atoms. The standard InChI is InChI=1S/C29H30N2O6/c1-3-36-21-8-6-20(7-9-21)30-15-19(14-24(30)32)29(35)37-22-10-11-23(16(2)12-22)31-27(33)25-17-4-5-18(13-17)26(25)28(31)34/h6-12,17-19,25-26H,3-5,13-15H2,1-2H3/t17-,18-,19+,25+,26+/m0/s1. The second-order valence-electron chi connectivity index (χ2n) is 10.6. The largest absolute Gasteiger partial charge is 0.494 e. The lowest BCUT2D eigenvalue weighted by molar-refractivity contribution is -0.139. The van der Waals surface area contributed by atoms with Crippen LogP contribution in [0.25, 0.3) is 0 Å². The Morgan fingerprint density at radius 3 is 2.22 bits per heavy atom. The van der Waals surface area contributed by atoms with E-state index < -0.39 is 11.9 Å². The minimum atomic E-state index is -0.587. The van der Waals surface area contributed by atoms with Gasteiger partial charge in [0.1, 0.15) is 11.5 Å². The van der Waals surface area contributed by atoms with E-state index in [1.54, 1.807) is 47.4 Å². The zero-order chi connectivity index (χ0) is 25.8. The first-order valence-corrected chi connectivity index (χ1v) is 13.1. The van der Waals surface area contributed by atoms with Gasteiger partial charge in [-0.3, -0.25) is 19.2 Å². The summed E-state index contributed by atoms with van der Waals surface area (Å²) in [6.07, 6.45) is 3.14. The summed E-state index contributed by atoms with van der Waals surface area (Å²) in [5.41, 5.74) is 1.96. The molecule has 2 saturated heterocycles. The number of hydrogen-bond acceptors (Lipinski definition) is 6. The van der Waals surface area contributed by atoms with Crippen LogP contribution in [0.4, 0.5) is 11.4 Å². The highest BCUT2D eigenvalue weighted by Crippen LogP contribution is 2.56. The van der Waals surface area contributed by atoms with Crippen molar-refractivity contribution in [2.75, 3.05) is 23.0 Å². The van der Waals surface area contributed by atoms with Crippen LogP contribution in [0.1, 0.15) is 38.2 Å². The van der Waals surface area contributed by atoms with Crippen molar-refractivity contribution in [3.05, 3.63) is 48.0 Å². The monoisotopic (exact) mass is 502 g/mol. The van der Waals surface area contributed by atoms with E-state index in [2.05, 4.69) is 0 Å². The van der Waals surface area contributed by atoms with Crippen molar-refractivity contribution >= 4 is 35.1 Å². The topological polar surface area (TPSA) is 93.2 Å². The predicted molar refractivity (Wildman–Crippen MR) is 135 cm³/mol. The number of carbonyl (C=O) groups is 4. The zero-order valence-electron chi connectivity index (χ0n) is 21.0. The van der Waals surface area contributed by atoms with Crippen molar-refractivity contribution in [1.29, 1.82) is 0 Å². The Labute approximate surface area is 215 Å². The van der Waals surface area contributed by atoms with E-state index in [4.69, 9.17) is 9.47 Å². The van der Waals surface area contributed by atoms with Gasteiger partial charge >= 0.3 is 5.97 Å². The van der Waals surface area contributed by atoms with Gasteiger partial charge in [0.2, 0.25) is 17.7 Å². The average molecular weight is 503 g/mol. The third-order valence-electron chi connectivity index (χ3n) is 8.47. The highest BCUT2D eigenvalue weighted by molar-refractivity contribution is 6.23. The number of hydrogen-bond donors (Lipinski definition) is 0. The summed E-state index contributed by atoms with van der Waals surface area (Å²) in [5.74, 6) is -0.0301. The van der Waals surface area contributed by atoms with E-state index in [1.165, 1.54) is 4.90 Å². The number of fused-ring (bicyclic) bond motifs is 5. The summed E-state index contributed by atoms with van der Waals surface area (Å²) in [7, 11) is 0. The molecule has 0 spiro atoms. The predicted octanol–water partition coefficient (Wildman–Crippen LogP) is 3.89. The SMILES string of the molecule is CCOc1ccc(N2C[C@H](C(=O)Oc3ccc(N4C(=O)[C@@H]5[C@H]6CC[C@@H](C6)[C@H]5C4=O)c(C)c3)CC2=O)cc1. The molecule has 3 amide bonds. The molecule has 2 heterocycles. The number of anilines is 2. The van der Waals surface area contributed by atoms with Gasteiger partial charge in [-0.25, -0.2) is 4.90 Å². The van der Waals surface area contributed by atoms with Gasteiger partial charge in [0.15, 0.2) is 0 Å². The molecule has 2 aliphatic heterocycles. The van der Waals surface area contributed by atoms with Crippen LogP contribution in [0.15, 0.2) is 42.5 Å². The summed E-state index contributed by atoms with van der Waals surface area (Å²) in [6, 6.07) is 12.2. The first-order chi connectivity index (χ1) is 17.9. The maximum absolute atomic E-state index is 13.2. The third kappa shape index (κ3) is 3.90. The Bertz CT molecular complexity index is 1260. The van der Waals surface area contributed by atoms with Crippen LogP contribution in [0.2, 0.25) is 0 Å². The highest BCUT2D eigenvalue weighted by Gasteiger charge is 2.61. The second kappa shape index (κ2) is 9.01. The van der Waals surface area contributed by atoms with Crippen LogP contribution in [-0.2, 0) is 19.2 Å². The molecule has 2 aliphatic carbocycles. The van der Waals surface area contributed by atoms with E-state index >= 15 is 0 Å². The molecule has 5 atom stereocenters. The molecule has 0 aromatic heterocycles. The van der Waals surface area contributed by atoms with Crippen molar-refractivity contribution < 1.29 is 28.7 Å². The van der Waals surface area contributed by atoms with E-state index in [-0.39, 0.29) is 42.5 Å². The fourth-order valence-electron chi connectivity index (χ4n) is 6.79. The molecular weight excluding hydrogens is 472 g/mol. The quantitative estimate of drug-likeness (QED) is 0.338. The van der Waals surface area contributed by atoms with Gasteiger partial charge in [-0.15, -0.1) is 0 Å². The maximum Gasteiger partial charge on any atom is 0.316 e. The first-order valence-electron chi connectivity index (χ1n) is 13.1. The van der Waals surface area contributed by atoms with E-state index in [1.807, 2.05) is 13.8 Å². The molecule has 4 aliphatic rings. The van der Waals surface area contributed by atoms with Crippen molar-refractivity contribution in [1.82, 2.24) is 0 Å². The van der Waals surface area contributed by atoms with E-state index in [0.29, 0.717) is 41.1 Å². The number of carbonyl (C=O) groups excluding carboxylic acids is 4. The summed E-state index contributed by atoms with van der Waals surface area (Å²) < 4.78 is 11.1. The minimum absolute atomic E-state index is 0.0744. The number of ether oxygens (including phenoxy) is 2. The molecule has 6 rings (SSSR count). The summed E-state index contributed by atoms with van der Waals surface area (Å²) >= 11 is 0. The van der Waals surface area contributed by atoms with Crippen molar-refractivity contribution in [2.24, 2.45) is 29.6 Å². The molecule has 0 radical (unpaired) electrons. The van der Waals surface area contributed by atoms with Gasteiger partial charge in [0.05, 0.1) is 30.0 Å². The Balaban J connectivity index is 1.13. The lowest BCUT2D eigenvalue weighted by atomic mass is 9.81. The van der Waals surface area contributed by atoms with Crippen molar-refractivity contribution in [3.8, 4) is 11.5 Å². The molecule has 2 aromatic carbocycles. The highest BCUT2D eigenvalue weighted by atomic mass is 16.5. The smallest absolute Gasteiger partial charge is 0.316 e. The Morgan fingerprint density at radius 2 is 1.59 bits per heavy atom. The van der Waals surface area contributed by atoms with Crippen LogP contribution >= 0.6 is 0 Å². The van der Waals surface area contributed by atoms with Gasteiger partial charge in [0, 0.05) is 18.7 Å². The summed E-state index contributed by atoms with van der Waals surface area (Å²) in [4.78, 5) is 54.8. The van der Waals surface area contributed by atoms with Crippen LogP contribution < -0.4 is 19.3 Å². The minimum Gasteiger partial charge on any atom is -0.494 e. The van der Waals surface area contributed by atoms with E-state index in [9.17, 15) is 19.2 Å².